The molecule has 0 fully saturated rings. The highest BCUT2D eigenvalue weighted by molar-refractivity contribution is 6.13. The Bertz CT molecular complexity index is 1170. The van der Waals surface area contributed by atoms with Crippen LogP contribution in [0.2, 0.25) is 0 Å². The summed E-state index contributed by atoms with van der Waals surface area (Å²) in [5.74, 6) is -0.654. The Labute approximate surface area is 165 Å². The highest BCUT2D eigenvalue weighted by Crippen LogP contribution is 2.34. The van der Waals surface area contributed by atoms with Gasteiger partial charge in [-0.15, -0.1) is 0 Å². The van der Waals surface area contributed by atoms with Crippen molar-refractivity contribution in [2.75, 3.05) is 26.6 Å². The average Bonchev–Trinajstić information content (AvgIpc) is 2.75. The quantitative estimate of drug-likeness (QED) is 0.656. The van der Waals surface area contributed by atoms with Gasteiger partial charge >= 0.3 is 5.97 Å². The molecular formula is C20H19N3O6. The number of aryl methyl sites for hydroxylation is 1. The number of hydrogen-bond donors (Lipinski definition) is 1. The highest BCUT2D eigenvalue weighted by Gasteiger charge is 2.22. The minimum Gasteiger partial charge on any atom is -0.493 e. The first-order valence-corrected chi connectivity index (χ1v) is 8.53. The number of esters is 1. The second kappa shape index (κ2) is 8.01. The van der Waals surface area contributed by atoms with E-state index in [0.717, 1.165) is 4.68 Å². The van der Waals surface area contributed by atoms with Crippen molar-refractivity contribution in [2.24, 2.45) is 7.05 Å². The molecule has 0 spiro atoms. The van der Waals surface area contributed by atoms with Crippen molar-refractivity contribution in [2.45, 2.75) is 0 Å². The van der Waals surface area contributed by atoms with E-state index in [1.165, 1.54) is 40.5 Å². The molecule has 3 rings (SSSR count). The summed E-state index contributed by atoms with van der Waals surface area (Å²) < 4.78 is 16.3. The molecule has 9 heteroatoms. The van der Waals surface area contributed by atoms with Crippen molar-refractivity contribution < 1.29 is 23.8 Å². The van der Waals surface area contributed by atoms with Gasteiger partial charge in [0, 0.05) is 24.6 Å². The van der Waals surface area contributed by atoms with Crippen molar-refractivity contribution in [1.29, 1.82) is 0 Å². The number of rotatable bonds is 5. The van der Waals surface area contributed by atoms with Crippen molar-refractivity contribution in [3.05, 3.63) is 58.0 Å². The fourth-order valence-electron chi connectivity index (χ4n) is 2.91. The molecule has 0 aliphatic heterocycles. The van der Waals surface area contributed by atoms with Crippen LogP contribution in [-0.2, 0) is 11.8 Å². The number of anilines is 1. The Hall–Kier alpha value is -3.88. The molecular weight excluding hydrogens is 378 g/mol. The first kappa shape index (κ1) is 19.9. The van der Waals surface area contributed by atoms with E-state index in [-0.39, 0.29) is 22.5 Å². The third-order valence-corrected chi connectivity index (χ3v) is 4.35. The number of carbonyl (C=O) groups excluding carboxylic acids is 2. The van der Waals surface area contributed by atoms with Crippen LogP contribution in [0.15, 0.2) is 41.2 Å². The minimum absolute atomic E-state index is 0.0355. The lowest BCUT2D eigenvalue weighted by molar-refractivity contribution is 0.0601. The van der Waals surface area contributed by atoms with Crippen LogP contribution in [0.1, 0.15) is 20.8 Å². The molecule has 0 atom stereocenters. The number of benzene rings is 2. The molecule has 1 amide bonds. The Morgan fingerprint density at radius 3 is 2.24 bits per heavy atom. The number of hydrogen-bond acceptors (Lipinski definition) is 7. The Balaban J connectivity index is 2.12. The van der Waals surface area contributed by atoms with E-state index in [4.69, 9.17) is 14.2 Å². The molecule has 1 heterocycles. The van der Waals surface area contributed by atoms with E-state index in [9.17, 15) is 14.4 Å². The zero-order valence-electron chi connectivity index (χ0n) is 16.3. The van der Waals surface area contributed by atoms with E-state index in [1.807, 2.05) is 0 Å². The molecule has 0 saturated heterocycles. The number of ether oxygens (including phenoxy) is 3. The van der Waals surface area contributed by atoms with Gasteiger partial charge in [-0.3, -0.25) is 9.59 Å². The fourth-order valence-corrected chi connectivity index (χ4v) is 2.91. The Morgan fingerprint density at radius 2 is 1.62 bits per heavy atom. The number of nitrogens with one attached hydrogen (secondary N) is 1. The van der Waals surface area contributed by atoms with Crippen LogP contribution < -0.4 is 20.3 Å². The second-order valence-electron chi connectivity index (χ2n) is 6.02. The van der Waals surface area contributed by atoms with Crippen LogP contribution in [0.5, 0.6) is 11.5 Å². The molecule has 3 aromatic rings. The van der Waals surface area contributed by atoms with E-state index >= 15 is 0 Å². The maximum atomic E-state index is 13.0. The number of nitrogens with zero attached hydrogens (tertiary/aromatic N) is 2. The molecule has 0 aliphatic rings. The molecule has 0 aliphatic carbocycles. The molecule has 0 unspecified atom stereocenters. The lowest BCUT2D eigenvalue weighted by Gasteiger charge is -2.15. The van der Waals surface area contributed by atoms with Gasteiger partial charge < -0.3 is 19.5 Å². The van der Waals surface area contributed by atoms with Gasteiger partial charge in [0.05, 0.1) is 38.0 Å². The van der Waals surface area contributed by atoms with Crippen LogP contribution in [0.3, 0.4) is 0 Å². The molecule has 0 bridgehead atoms. The minimum atomic E-state index is -0.667. The van der Waals surface area contributed by atoms with E-state index in [2.05, 4.69) is 10.4 Å². The third kappa shape index (κ3) is 3.62. The number of fused-ring (bicyclic) bond motifs is 1. The zero-order valence-corrected chi connectivity index (χ0v) is 16.3. The van der Waals surface area contributed by atoms with Gasteiger partial charge in [0.1, 0.15) is 0 Å². The monoisotopic (exact) mass is 397 g/mol. The second-order valence-corrected chi connectivity index (χ2v) is 6.02. The van der Waals surface area contributed by atoms with Crippen molar-refractivity contribution in [3.63, 3.8) is 0 Å². The molecule has 1 N–H and O–H groups in total. The SMILES string of the molecule is COC(=O)c1cc(OC)c(OC)cc1NC(=O)c1nn(C)c(=O)c2ccccc12. The predicted octanol–water partition coefficient (Wildman–Crippen LogP) is 1.99. The van der Waals surface area contributed by atoms with Crippen molar-refractivity contribution in [3.8, 4) is 11.5 Å². The first-order valence-electron chi connectivity index (χ1n) is 8.53. The largest absolute Gasteiger partial charge is 0.493 e. The molecule has 9 nitrogen and oxygen atoms in total. The topological polar surface area (TPSA) is 109 Å². The molecule has 0 saturated carbocycles. The Morgan fingerprint density at radius 1 is 1.00 bits per heavy atom. The lowest BCUT2D eigenvalue weighted by atomic mass is 10.1. The van der Waals surface area contributed by atoms with Gasteiger partial charge in [-0.2, -0.15) is 5.10 Å². The van der Waals surface area contributed by atoms with Gasteiger partial charge in [-0.1, -0.05) is 18.2 Å². The number of amides is 1. The zero-order chi connectivity index (χ0) is 21.1. The van der Waals surface area contributed by atoms with Gasteiger partial charge in [-0.25, -0.2) is 9.48 Å². The Kier molecular flexibility index (Phi) is 5.49. The summed E-state index contributed by atoms with van der Waals surface area (Å²) in [6, 6.07) is 9.52. The standard InChI is InChI=1S/C20H19N3O6/c1-23-19(25)12-8-6-5-7-11(12)17(22-23)18(24)21-14-10-16(28-3)15(27-2)9-13(14)20(26)29-4/h5-10H,1-4H3,(H,21,24). The summed E-state index contributed by atoms with van der Waals surface area (Å²) >= 11 is 0. The van der Waals surface area contributed by atoms with E-state index in [1.54, 1.807) is 24.3 Å². The van der Waals surface area contributed by atoms with Gasteiger partial charge in [-0.05, 0) is 6.07 Å². The number of aromatic nitrogens is 2. The van der Waals surface area contributed by atoms with Crippen LogP contribution in [-0.4, -0.2) is 43.0 Å². The summed E-state index contributed by atoms with van der Waals surface area (Å²) in [5.41, 5.74) is -0.0568. The summed E-state index contributed by atoms with van der Waals surface area (Å²) in [6.45, 7) is 0. The molecule has 150 valence electrons. The molecule has 29 heavy (non-hydrogen) atoms. The van der Waals surface area contributed by atoms with Crippen LogP contribution in [0, 0.1) is 0 Å². The van der Waals surface area contributed by atoms with Crippen molar-refractivity contribution in [1.82, 2.24) is 9.78 Å². The van der Waals surface area contributed by atoms with Gasteiger partial charge in [0.2, 0.25) is 0 Å². The summed E-state index contributed by atoms with van der Waals surface area (Å²) in [6.07, 6.45) is 0. The van der Waals surface area contributed by atoms with Crippen LogP contribution >= 0.6 is 0 Å². The molecule has 1 aromatic heterocycles. The average molecular weight is 397 g/mol. The normalized spacial score (nSPS) is 10.5. The maximum absolute atomic E-state index is 13.0. The van der Waals surface area contributed by atoms with Crippen molar-refractivity contribution >= 4 is 28.3 Å². The summed E-state index contributed by atoms with van der Waals surface area (Å²) in [4.78, 5) is 37.5. The fraction of sp³-hybridized carbons (Fsp3) is 0.200. The lowest BCUT2D eigenvalue weighted by Crippen LogP contribution is -2.25. The van der Waals surface area contributed by atoms with E-state index in [0.29, 0.717) is 22.3 Å². The number of carbonyl (C=O) groups is 2. The smallest absolute Gasteiger partial charge is 0.340 e. The predicted molar refractivity (Wildman–Crippen MR) is 106 cm³/mol. The highest BCUT2D eigenvalue weighted by atomic mass is 16.5. The third-order valence-electron chi connectivity index (χ3n) is 4.35. The van der Waals surface area contributed by atoms with Gasteiger partial charge in [0.25, 0.3) is 11.5 Å². The van der Waals surface area contributed by atoms with Crippen LogP contribution in [0.25, 0.3) is 10.8 Å². The maximum Gasteiger partial charge on any atom is 0.340 e. The summed E-state index contributed by atoms with van der Waals surface area (Å²) in [5, 5.41) is 7.50. The molecule has 0 radical (unpaired) electrons. The first-order chi connectivity index (χ1) is 13.9. The van der Waals surface area contributed by atoms with E-state index < -0.39 is 11.9 Å². The summed E-state index contributed by atoms with van der Waals surface area (Å²) in [7, 11) is 5.55. The number of methoxy groups -OCH3 is 3. The van der Waals surface area contributed by atoms with Gasteiger partial charge in [0.15, 0.2) is 17.2 Å². The van der Waals surface area contributed by atoms with Crippen LogP contribution in [0.4, 0.5) is 5.69 Å². The molecule has 2 aromatic carbocycles.